The van der Waals surface area contributed by atoms with Crippen LogP contribution in [0.1, 0.15) is 65.2 Å². The minimum absolute atomic E-state index is 0.110. The number of fused-ring (bicyclic) bond motifs is 5. The molecule has 2 unspecified atom stereocenters. The van der Waals surface area contributed by atoms with Crippen LogP contribution in [0.2, 0.25) is 0 Å². The summed E-state index contributed by atoms with van der Waals surface area (Å²) < 4.78 is 0. The van der Waals surface area contributed by atoms with Crippen LogP contribution in [0.25, 0.3) is 0 Å². The van der Waals surface area contributed by atoms with Gasteiger partial charge in [0, 0.05) is 23.7 Å². The predicted molar refractivity (Wildman–Crippen MR) is 83.1 cm³/mol. The van der Waals surface area contributed by atoms with Gasteiger partial charge >= 0.3 is 0 Å². The third-order valence-electron chi connectivity index (χ3n) is 8.19. The van der Waals surface area contributed by atoms with Crippen LogP contribution < -0.4 is 0 Å². The SMILES string of the molecule is C[C@]12C(=O)CC(O)CC1CC[C@@H]1[C@H]2CC[C@]2(C)C(=O)CC[C@@H]12. The van der Waals surface area contributed by atoms with Crippen LogP contribution in [0, 0.1) is 34.5 Å². The molecule has 4 rings (SSSR count). The highest BCUT2D eigenvalue weighted by Crippen LogP contribution is 2.64. The summed E-state index contributed by atoms with van der Waals surface area (Å²) in [5.41, 5.74) is -0.350. The van der Waals surface area contributed by atoms with Gasteiger partial charge in [-0.1, -0.05) is 13.8 Å². The average Bonchev–Trinajstić information content (AvgIpc) is 2.77. The van der Waals surface area contributed by atoms with E-state index in [1.807, 2.05) is 0 Å². The Morgan fingerprint density at radius 1 is 1.00 bits per heavy atom. The van der Waals surface area contributed by atoms with Crippen LogP contribution in [0.3, 0.4) is 0 Å². The molecule has 0 amide bonds. The first-order valence-corrected chi connectivity index (χ1v) is 9.12. The standard InChI is InChI=1S/C19H28O3/c1-18-8-7-15-13(14(18)5-6-16(18)21)4-3-11-9-12(20)10-17(22)19(11,15)2/h11-15,20H,3-10H2,1-2H3/t11?,12?,13-,14-,15+,18-,19-/m0/s1. The van der Waals surface area contributed by atoms with Crippen LogP contribution in [0.4, 0.5) is 0 Å². The van der Waals surface area contributed by atoms with Crippen molar-refractivity contribution in [1.29, 1.82) is 0 Å². The quantitative estimate of drug-likeness (QED) is 0.748. The highest BCUT2D eigenvalue weighted by molar-refractivity contribution is 5.88. The summed E-state index contributed by atoms with van der Waals surface area (Å²) in [6, 6.07) is 0. The molecular formula is C19H28O3. The second-order valence-electron chi connectivity index (χ2n) is 8.87. The van der Waals surface area contributed by atoms with Crippen molar-refractivity contribution in [3.8, 4) is 0 Å². The van der Waals surface area contributed by atoms with Crippen LogP contribution in [-0.4, -0.2) is 22.8 Å². The Bertz CT molecular complexity index is 527. The number of hydrogen-bond donors (Lipinski definition) is 1. The molecule has 3 nitrogen and oxygen atoms in total. The van der Waals surface area contributed by atoms with Crippen molar-refractivity contribution in [3.63, 3.8) is 0 Å². The smallest absolute Gasteiger partial charge is 0.141 e. The second kappa shape index (κ2) is 4.66. The van der Waals surface area contributed by atoms with Crippen LogP contribution >= 0.6 is 0 Å². The lowest BCUT2D eigenvalue weighted by molar-refractivity contribution is -0.162. The van der Waals surface area contributed by atoms with Crippen molar-refractivity contribution in [2.75, 3.05) is 0 Å². The summed E-state index contributed by atoms with van der Waals surface area (Å²) in [7, 11) is 0. The van der Waals surface area contributed by atoms with Gasteiger partial charge < -0.3 is 5.11 Å². The molecule has 0 spiro atoms. The van der Waals surface area contributed by atoms with Crippen LogP contribution in [0.15, 0.2) is 0 Å². The number of hydrogen-bond acceptors (Lipinski definition) is 3. The summed E-state index contributed by atoms with van der Waals surface area (Å²) >= 11 is 0. The minimum atomic E-state index is -0.427. The molecule has 0 aromatic carbocycles. The van der Waals surface area contributed by atoms with Crippen molar-refractivity contribution in [2.24, 2.45) is 34.5 Å². The maximum Gasteiger partial charge on any atom is 0.141 e. The van der Waals surface area contributed by atoms with Crippen molar-refractivity contribution < 1.29 is 14.7 Å². The molecule has 4 saturated carbocycles. The number of carbonyl (C=O) groups is 2. The van der Waals surface area contributed by atoms with Crippen molar-refractivity contribution in [3.05, 3.63) is 0 Å². The zero-order valence-corrected chi connectivity index (χ0v) is 13.8. The zero-order valence-electron chi connectivity index (χ0n) is 13.8. The van der Waals surface area contributed by atoms with E-state index < -0.39 is 6.10 Å². The van der Waals surface area contributed by atoms with Crippen molar-refractivity contribution in [1.82, 2.24) is 0 Å². The third-order valence-corrected chi connectivity index (χ3v) is 8.19. The van der Waals surface area contributed by atoms with E-state index in [1.54, 1.807) is 0 Å². The molecule has 0 aliphatic heterocycles. The fourth-order valence-electron chi connectivity index (χ4n) is 6.84. The molecule has 0 aromatic heterocycles. The number of rotatable bonds is 0. The Labute approximate surface area is 132 Å². The summed E-state index contributed by atoms with van der Waals surface area (Å²) in [6.45, 7) is 4.37. The van der Waals surface area contributed by atoms with E-state index in [-0.39, 0.29) is 10.8 Å². The topological polar surface area (TPSA) is 54.4 Å². The van der Waals surface area contributed by atoms with E-state index in [0.717, 1.165) is 44.9 Å². The molecule has 4 aliphatic rings. The molecule has 0 saturated heterocycles. The molecule has 122 valence electrons. The van der Waals surface area contributed by atoms with Gasteiger partial charge in [-0.05, 0) is 62.2 Å². The number of carbonyl (C=O) groups excluding carboxylic acids is 2. The van der Waals surface area contributed by atoms with Gasteiger partial charge in [-0.2, -0.15) is 0 Å². The Morgan fingerprint density at radius 2 is 1.77 bits per heavy atom. The Morgan fingerprint density at radius 3 is 2.55 bits per heavy atom. The number of aliphatic hydroxyl groups is 1. The molecule has 0 radical (unpaired) electrons. The zero-order chi connectivity index (χ0) is 15.7. The summed E-state index contributed by atoms with van der Waals surface area (Å²) in [5, 5.41) is 9.99. The number of Topliss-reactive ketones (excluding diaryl/α,β-unsaturated/α-hetero) is 2. The predicted octanol–water partition coefficient (Wildman–Crippen LogP) is 3.14. The number of ketones is 2. The van der Waals surface area contributed by atoms with Gasteiger partial charge in [0.2, 0.25) is 0 Å². The lowest BCUT2D eigenvalue weighted by Crippen LogP contribution is -2.57. The third kappa shape index (κ3) is 1.72. The molecule has 0 heterocycles. The van der Waals surface area contributed by atoms with Gasteiger partial charge in [0.1, 0.15) is 11.6 Å². The minimum Gasteiger partial charge on any atom is -0.393 e. The fourth-order valence-corrected chi connectivity index (χ4v) is 6.84. The van der Waals surface area contributed by atoms with E-state index in [9.17, 15) is 14.7 Å². The molecule has 3 heteroatoms. The largest absolute Gasteiger partial charge is 0.393 e. The van der Waals surface area contributed by atoms with E-state index >= 15 is 0 Å². The van der Waals surface area contributed by atoms with E-state index in [4.69, 9.17) is 0 Å². The normalized spacial score (nSPS) is 54.6. The van der Waals surface area contributed by atoms with Gasteiger partial charge in [0.25, 0.3) is 0 Å². The van der Waals surface area contributed by atoms with Gasteiger partial charge in [-0.15, -0.1) is 0 Å². The second-order valence-corrected chi connectivity index (χ2v) is 8.87. The monoisotopic (exact) mass is 304 g/mol. The maximum absolute atomic E-state index is 12.8. The average molecular weight is 304 g/mol. The highest BCUT2D eigenvalue weighted by atomic mass is 16.3. The Hall–Kier alpha value is -0.700. The van der Waals surface area contributed by atoms with Crippen LogP contribution in [0.5, 0.6) is 0 Å². The first-order chi connectivity index (χ1) is 10.4. The van der Waals surface area contributed by atoms with Crippen LogP contribution in [-0.2, 0) is 9.59 Å². The number of aliphatic hydroxyl groups excluding tert-OH is 1. The Kier molecular flexibility index (Phi) is 3.15. The molecule has 1 N–H and O–H groups in total. The lowest BCUT2D eigenvalue weighted by Gasteiger charge is -2.58. The van der Waals surface area contributed by atoms with E-state index in [2.05, 4.69) is 13.8 Å². The van der Waals surface area contributed by atoms with Gasteiger partial charge in [-0.25, -0.2) is 0 Å². The lowest BCUT2D eigenvalue weighted by atomic mass is 9.45. The highest BCUT2D eigenvalue weighted by Gasteiger charge is 2.62. The summed E-state index contributed by atoms with van der Waals surface area (Å²) in [4.78, 5) is 25.2. The molecule has 22 heavy (non-hydrogen) atoms. The summed E-state index contributed by atoms with van der Waals surface area (Å²) in [5.74, 6) is 2.59. The molecular weight excluding hydrogens is 276 g/mol. The molecule has 7 atom stereocenters. The first kappa shape index (κ1) is 14.9. The first-order valence-electron chi connectivity index (χ1n) is 9.12. The van der Waals surface area contributed by atoms with Gasteiger partial charge in [0.05, 0.1) is 6.10 Å². The molecule has 4 fully saturated rings. The van der Waals surface area contributed by atoms with Gasteiger partial charge in [0.15, 0.2) is 0 Å². The maximum atomic E-state index is 12.8. The Balaban J connectivity index is 1.69. The molecule has 4 aliphatic carbocycles. The van der Waals surface area contributed by atoms with Crippen molar-refractivity contribution in [2.45, 2.75) is 71.3 Å². The molecule has 0 aromatic rings. The van der Waals surface area contributed by atoms with Gasteiger partial charge in [-0.3, -0.25) is 9.59 Å². The fraction of sp³-hybridized carbons (Fsp3) is 0.895. The van der Waals surface area contributed by atoms with Crippen molar-refractivity contribution >= 4 is 11.6 Å². The molecule has 0 bridgehead atoms. The summed E-state index contributed by atoms with van der Waals surface area (Å²) in [6.07, 6.45) is 6.70. The van der Waals surface area contributed by atoms with E-state index in [1.165, 1.54) is 0 Å². The van der Waals surface area contributed by atoms with E-state index in [0.29, 0.717) is 41.7 Å².